The van der Waals surface area contributed by atoms with Gasteiger partial charge >= 0.3 is 0 Å². The number of carbonyl (C=O) groups excluding carboxylic acids is 1. The minimum atomic E-state index is -0.208. The highest BCUT2D eigenvalue weighted by atomic mass is 16.5. The van der Waals surface area contributed by atoms with Crippen LogP contribution in [-0.2, 0) is 11.3 Å². The summed E-state index contributed by atoms with van der Waals surface area (Å²) in [4.78, 5) is 23.6. The molecular formula is C17H20N2O3. The number of rotatable bonds is 6. The summed E-state index contributed by atoms with van der Waals surface area (Å²) in [7, 11) is 0. The number of aromatic nitrogens is 1. The van der Waals surface area contributed by atoms with Gasteiger partial charge in [0.05, 0.1) is 6.54 Å². The summed E-state index contributed by atoms with van der Waals surface area (Å²) >= 11 is 0. The molecule has 0 unspecified atom stereocenters. The third kappa shape index (κ3) is 4.48. The SMILES string of the molecule is Cc1cccc(OCCNC(=O)Cn2cccc(C)c2=O)c1. The molecule has 0 aliphatic heterocycles. The fourth-order valence-corrected chi connectivity index (χ4v) is 2.06. The number of aryl methyl sites for hydroxylation is 2. The van der Waals surface area contributed by atoms with E-state index in [4.69, 9.17) is 4.74 Å². The van der Waals surface area contributed by atoms with Crippen molar-refractivity contribution in [3.63, 3.8) is 0 Å². The molecule has 5 heteroatoms. The number of nitrogens with zero attached hydrogens (tertiary/aromatic N) is 1. The van der Waals surface area contributed by atoms with Gasteiger partial charge in [-0.1, -0.05) is 18.2 Å². The lowest BCUT2D eigenvalue weighted by molar-refractivity contribution is -0.121. The molecule has 0 fully saturated rings. The van der Waals surface area contributed by atoms with Crippen molar-refractivity contribution >= 4 is 5.91 Å². The van der Waals surface area contributed by atoms with Crippen molar-refractivity contribution in [3.05, 3.63) is 64.1 Å². The Morgan fingerprint density at radius 3 is 2.82 bits per heavy atom. The third-order valence-electron chi connectivity index (χ3n) is 3.21. The summed E-state index contributed by atoms with van der Waals surface area (Å²) < 4.78 is 6.94. The van der Waals surface area contributed by atoms with Crippen LogP contribution in [0.4, 0.5) is 0 Å². The van der Waals surface area contributed by atoms with Gasteiger partial charge in [-0.25, -0.2) is 0 Å². The Kier molecular flexibility index (Phi) is 5.36. The van der Waals surface area contributed by atoms with Gasteiger partial charge in [0, 0.05) is 11.8 Å². The first-order chi connectivity index (χ1) is 10.6. The number of amides is 1. The van der Waals surface area contributed by atoms with Crippen LogP contribution in [0, 0.1) is 13.8 Å². The Bertz CT molecular complexity index is 707. The van der Waals surface area contributed by atoms with Crippen molar-refractivity contribution in [1.82, 2.24) is 9.88 Å². The second-order valence-electron chi connectivity index (χ2n) is 5.14. The summed E-state index contributed by atoms with van der Waals surface area (Å²) in [5, 5.41) is 2.74. The van der Waals surface area contributed by atoms with Gasteiger partial charge in [0.1, 0.15) is 18.9 Å². The van der Waals surface area contributed by atoms with Crippen molar-refractivity contribution < 1.29 is 9.53 Å². The number of carbonyl (C=O) groups is 1. The molecule has 0 aliphatic carbocycles. The van der Waals surface area contributed by atoms with Crippen molar-refractivity contribution in [2.24, 2.45) is 0 Å². The van der Waals surface area contributed by atoms with Gasteiger partial charge in [0.25, 0.3) is 5.56 Å². The van der Waals surface area contributed by atoms with E-state index < -0.39 is 0 Å². The van der Waals surface area contributed by atoms with Crippen molar-refractivity contribution in [1.29, 1.82) is 0 Å². The van der Waals surface area contributed by atoms with Gasteiger partial charge in [0.15, 0.2) is 0 Å². The molecule has 5 nitrogen and oxygen atoms in total. The summed E-state index contributed by atoms with van der Waals surface area (Å²) in [6, 6.07) is 11.2. The Labute approximate surface area is 129 Å². The van der Waals surface area contributed by atoms with E-state index in [0.717, 1.165) is 11.3 Å². The fraction of sp³-hybridized carbons (Fsp3) is 0.294. The Hall–Kier alpha value is -2.56. The number of ether oxygens (including phenoxy) is 1. The van der Waals surface area contributed by atoms with Crippen molar-refractivity contribution in [3.8, 4) is 5.75 Å². The minimum Gasteiger partial charge on any atom is -0.492 e. The van der Waals surface area contributed by atoms with E-state index in [2.05, 4.69) is 5.32 Å². The highest BCUT2D eigenvalue weighted by molar-refractivity contribution is 5.75. The van der Waals surface area contributed by atoms with E-state index in [0.29, 0.717) is 18.7 Å². The third-order valence-corrected chi connectivity index (χ3v) is 3.21. The lowest BCUT2D eigenvalue weighted by atomic mass is 10.2. The Morgan fingerprint density at radius 1 is 1.23 bits per heavy atom. The van der Waals surface area contributed by atoms with Gasteiger partial charge < -0.3 is 14.6 Å². The number of pyridine rings is 1. The molecule has 1 aromatic heterocycles. The van der Waals surface area contributed by atoms with Gasteiger partial charge in [-0.15, -0.1) is 0 Å². The van der Waals surface area contributed by atoms with Crippen LogP contribution in [0.25, 0.3) is 0 Å². The molecule has 2 rings (SSSR count). The largest absolute Gasteiger partial charge is 0.492 e. The van der Waals surface area contributed by atoms with Crippen LogP contribution in [0.3, 0.4) is 0 Å². The zero-order valence-electron chi connectivity index (χ0n) is 12.8. The molecule has 1 aromatic carbocycles. The highest BCUT2D eigenvalue weighted by Crippen LogP contribution is 2.11. The first-order valence-corrected chi connectivity index (χ1v) is 7.18. The lowest BCUT2D eigenvalue weighted by Gasteiger charge is -2.09. The van der Waals surface area contributed by atoms with E-state index in [-0.39, 0.29) is 18.0 Å². The van der Waals surface area contributed by atoms with Crippen molar-refractivity contribution in [2.75, 3.05) is 13.2 Å². The topological polar surface area (TPSA) is 60.3 Å². The summed E-state index contributed by atoms with van der Waals surface area (Å²) in [6.07, 6.45) is 1.61. The molecule has 0 bridgehead atoms. The molecule has 0 aliphatic rings. The van der Waals surface area contributed by atoms with Crippen LogP contribution in [-0.4, -0.2) is 23.6 Å². The van der Waals surface area contributed by atoms with Gasteiger partial charge in [-0.05, 0) is 37.6 Å². The normalized spacial score (nSPS) is 10.3. The zero-order chi connectivity index (χ0) is 15.9. The molecule has 0 atom stereocenters. The first-order valence-electron chi connectivity index (χ1n) is 7.18. The second kappa shape index (κ2) is 7.45. The predicted octanol–water partition coefficient (Wildman–Crippen LogP) is 1.66. The molecule has 116 valence electrons. The smallest absolute Gasteiger partial charge is 0.253 e. The number of benzene rings is 1. The van der Waals surface area contributed by atoms with Crippen LogP contribution in [0.2, 0.25) is 0 Å². The maximum absolute atomic E-state index is 11.8. The molecule has 0 spiro atoms. The first kappa shape index (κ1) is 15.8. The van der Waals surface area contributed by atoms with Crippen LogP contribution in [0.1, 0.15) is 11.1 Å². The molecule has 0 saturated heterocycles. The van der Waals surface area contributed by atoms with E-state index in [1.54, 1.807) is 25.3 Å². The fourth-order valence-electron chi connectivity index (χ4n) is 2.06. The van der Waals surface area contributed by atoms with E-state index >= 15 is 0 Å². The van der Waals surface area contributed by atoms with E-state index in [9.17, 15) is 9.59 Å². The number of hydrogen-bond donors (Lipinski definition) is 1. The summed E-state index contributed by atoms with van der Waals surface area (Å²) in [6.45, 7) is 4.52. The molecule has 1 amide bonds. The lowest BCUT2D eigenvalue weighted by Crippen LogP contribution is -2.34. The molecule has 0 saturated carbocycles. The summed E-state index contributed by atoms with van der Waals surface area (Å²) in [5.41, 5.74) is 1.60. The Morgan fingerprint density at radius 2 is 2.05 bits per heavy atom. The van der Waals surface area contributed by atoms with Crippen molar-refractivity contribution in [2.45, 2.75) is 20.4 Å². The quantitative estimate of drug-likeness (QED) is 0.825. The van der Waals surface area contributed by atoms with Gasteiger partial charge in [-0.2, -0.15) is 0 Å². The molecule has 22 heavy (non-hydrogen) atoms. The maximum atomic E-state index is 11.8. The average molecular weight is 300 g/mol. The van der Waals surface area contributed by atoms with Crippen LogP contribution >= 0.6 is 0 Å². The second-order valence-corrected chi connectivity index (χ2v) is 5.14. The highest BCUT2D eigenvalue weighted by Gasteiger charge is 2.05. The van der Waals surface area contributed by atoms with Crippen LogP contribution < -0.4 is 15.6 Å². The average Bonchev–Trinajstić information content (AvgIpc) is 2.49. The van der Waals surface area contributed by atoms with Crippen LogP contribution in [0.15, 0.2) is 47.4 Å². The molecular weight excluding hydrogens is 280 g/mol. The monoisotopic (exact) mass is 300 g/mol. The molecule has 1 heterocycles. The van der Waals surface area contributed by atoms with E-state index in [1.165, 1.54) is 4.57 Å². The molecule has 0 radical (unpaired) electrons. The Balaban J connectivity index is 1.76. The standard InChI is InChI=1S/C17H20N2O3/c1-13-5-3-7-15(11-13)22-10-8-18-16(20)12-19-9-4-6-14(2)17(19)21/h3-7,9,11H,8,10,12H2,1-2H3,(H,18,20). The zero-order valence-corrected chi connectivity index (χ0v) is 12.8. The van der Waals surface area contributed by atoms with Gasteiger partial charge in [-0.3, -0.25) is 9.59 Å². The predicted molar refractivity (Wildman–Crippen MR) is 85.1 cm³/mol. The number of hydrogen-bond acceptors (Lipinski definition) is 3. The maximum Gasteiger partial charge on any atom is 0.253 e. The summed E-state index contributed by atoms with van der Waals surface area (Å²) in [5.74, 6) is 0.574. The minimum absolute atomic E-state index is 0.0188. The van der Waals surface area contributed by atoms with Gasteiger partial charge in [0.2, 0.25) is 5.91 Å². The number of nitrogens with one attached hydrogen (secondary N) is 1. The van der Waals surface area contributed by atoms with E-state index in [1.807, 2.05) is 31.2 Å². The molecule has 1 N–H and O–H groups in total. The molecule has 2 aromatic rings. The van der Waals surface area contributed by atoms with Crippen LogP contribution in [0.5, 0.6) is 5.75 Å².